The smallest absolute Gasteiger partial charge is 0.211 e. The molecular weight excluding hydrogens is 236 g/mol. The lowest BCUT2D eigenvalue weighted by molar-refractivity contribution is 0.383. The summed E-state index contributed by atoms with van der Waals surface area (Å²) < 4.78 is 26.6. The molecule has 0 aliphatic heterocycles. The van der Waals surface area contributed by atoms with E-state index < -0.39 is 10.0 Å². The molecule has 2 aliphatic rings. The van der Waals surface area contributed by atoms with E-state index in [1.807, 2.05) is 0 Å². The van der Waals surface area contributed by atoms with Crippen LogP contribution in [0.1, 0.15) is 44.9 Å². The third-order valence-electron chi connectivity index (χ3n) is 4.24. The van der Waals surface area contributed by atoms with Gasteiger partial charge >= 0.3 is 0 Å². The van der Waals surface area contributed by atoms with Gasteiger partial charge in [-0.15, -0.1) is 0 Å². The molecule has 0 aromatic rings. The monoisotopic (exact) mass is 260 g/mol. The largest absolute Gasteiger partial charge is 0.330 e. The van der Waals surface area contributed by atoms with Crippen LogP contribution in [0.25, 0.3) is 0 Å². The molecule has 3 N–H and O–H groups in total. The highest BCUT2D eigenvalue weighted by molar-refractivity contribution is 7.89. The fourth-order valence-corrected chi connectivity index (χ4v) is 4.21. The molecule has 0 radical (unpaired) electrons. The number of sulfonamides is 1. The third kappa shape index (κ3) is 3.93. The minimum atomic E-state index is -3.09. The molecule has 0 aromatic carbocycles. The van der Waals surface area contributed by atoms with E-state index in [0.29, 0.717) is 24.8 Å². The van der Waals surface area contributed by atoms with Gasteiger partial charge in [0.2, 0.25) is 10.0 Å². The predicted molar refractivity (Wildman–Crippen MR) is 69.1 cm³/mol. The fraction of sp³-hybridized carbons (Fsp3) is 1.00. The van der Waals surface area contributed by atoms with Crippen molar-refractivity contribution in [3.63, 3.8) is 0 Å². The van der Waals surface area contributed by atoms with E-state index in [2.05, 4.69) is 4.72 Å². The van der Waals surface area contributed by atoms with Crippen molar-refractivity contribution in [1.82, 2.24) is 4.72 Å². The van der Waals surface area contributed by atoms with Crippen LogP contribution in [-0.2, 0) is 10.0 Å². The third-order valence-corrected chi connectivity index (χ3v) is 5.73. The van der Waals surface area contributed by atoms with E-state index in [9.17, 15) is 8.42 Å². The van der Waals surface area contributed by atoms with Crippen LogP contribution < -0.4 is 10.5 Å². The molecule has 4 nitrogen and oxygen atoms in total. The molecule has 2 aliphatic carbocycles. The Labute approximate surface area is 104 Å². The van der Waals surface area contributed by atoms with E-state index in [0.717, 1.165) is 25.7 Å². The van der Waals surface area contributed by atoms with Crippen molar-refractivity contribution in [3.8, 4) is 0 Å². The van der Waals surface area contributed by atoms with Gasteiger partial charge in [-0.1, -0.05) is 19.3 Å². The van der Waals surface area contributed by atoms with Crippen LogP contribution >= 0.6 is 0 Å². The van der Waals surface area contributed by atoms with Gasteiger partial charge in [-0.25, -0.2) is 13.1 Å². The molecule has 0 heterocycles. The topological polar surface area (TPSA) is 72.2 Å². The van der Waals surface area contributed by atoms with Gasteiger partial charge in [-0.2, -0.15) is 0 Å². The highest BCUT2D eigenvalue weighted by Crippen LogP contribution is 2.43. The quantitative estimate of drug-likeness (QED) is 0.754. The van der Waals surface area contributed by atoms with Crippen LogP contribution in [0.5, 0.6) is 0 Å². The second kappa shape index (κ2) is 5.24. The zero-order valence-corrected chi connectivity index (χ0v) is 11.3. The van der Waals surface area contributed by atoms with Gasteiger partial charge in [-0.05, 0) is 43.6 Å². The van der Waals surface area contributed by atoms with Crippen LogP contribution in [0, 0.1) is 11.3 Å². The SMILES string of the molecule is NCC1(CNS(=O)(=O)CC2CCCCC2)CC1. The van der Waals surface area contributed by atoms with Gasteiger partial charge in [0.25, 0.3) is 0 Å². The molecule has 5 heteroatoms. The number of rotatable bonds is 6. The molecule has 2 saturated carbocycles. The summed E-state index contributed by atoms with van der Waals surface area (Å²) in [5, 5.41) is 0. The molecule has 0 aromatic heterocycles. The summed E-state index contributed by atoms with van der Waals surface area (Å²) in [6.45, 7) is 1.14. The van der Waals surface area contributed by atoms with E-state index in [4.69, 9.17) is 5.73 Å². The van der Waals surface area contributed by atoms with Crippen molar-refractivity contribution < 1.29 is 8.42 Å². The second-order valence-electron chi connectivity index (χ2n) is 5.81. The Bertz CT molecular complexity index is 344. The molecule has 0 bridgehead atoms. The Morgan fingerprint density at radius 1 is 1.18 bits per heavy atom. The van der Waals surface area contributed by atoms with Crippen molar-refractivity contribution >= 4 is 10.0 Å². The first-order valence-electron chi connectivity index (χ1n) is 6.73. The number of hydrogen-bond donors (Lipinski definition) is 2. The van der Waals surface area contributed by atoms with Crippen molar-refractivity contribution in [2.45, 2.75) is 44.9 Å². The van der Waals surface area contributed by atoms with E-state index in [1.54, 1.807) is 0 Å². The fourth-order valence-electron chi connectivity index (χ4n) is 2.62. The summed E-state index contributed by atoms with van der Waals surface area (Å²) >= 11 is 0. The first kappa shape index (κ1) is 13.3. The molecule has 0 saturated heterocycles. The highest BCUT2D eigenvalue weighted by Gasteiger charge is 2.41. The summed E-state index contributed by atoms with van der Waals surface area (Å²) in [5.74, 6) is 0.683. The average Bonchev–Trinajstić information content (AvgIpc) is 3.08. The lowest BCUT2D eigenvalue weighted by atomic mass is 9.91. The first-order chi connectivity index (χ1) is 8.05. The summed E-state index contributed by atoms with van der Waals surface area (Å²) in [6, 6.07) is 0. The zero-order valence-electron chi connectivity index (χ0n) is 10.5. The van der Waals surface area contributed by atoms with Crippen LogP contribution in [0.4, 0.5) is 0 Å². The van der Waals surface area contributed by atoms with Crippen molar-refractivity contribution in [1.29, 1.82) is 0 Å². The van der Waals surface area contributed by atoms with Crippen molar-refractivity contribution in [3.05, 3.63) is 0 Å². The summed E-state index contributed by atoms with van der Waals surface area (Å²) in [4.78, 5) is 0. The zero-order chi connectivity index (χ0) is 12.4. The van der Waals surface area contributed by atoms with E-state index >= 15 is 0 Å². The van der Waals surface area contributed by atoms with Gasteiger partial charge in [0.15, 0.2) is 0 Å². The van der Waals surface area contributed by atoms with Crippen molar-refractivity contribution in [2.75, 3.05) is 18.8 Å². The standard InChI is InChI=1S/C12H24N2O2S/c13-9-12(6-7-12)10-14-17(15,16)8-11-4-2-1-3-5-11/h11,14H,1-10,13H2. The number of nitrogens with two attached hydrogens (primary N) is 1. The minimum Gasteiger partial charge on any atom is -0.330 e. The Balaban J connectivity index is 1.77. The lowest BCUT2D eigenvalue weighted by Crippen LogP contribution is -2.37. The normalized spacial score (nSPS) is 24.8. The van der Waals surface area contributed by atoms with Gasteiger partial charge in [0.1, 0.15) is 0 Å². The summed E-state index contributed by atoms with van der Waals surface area (Å²) in [7, 11) is -3.09. The van der Waals surface area contributed by atoms with E-state index in [1.165, 1.54) is 19.3 Å². The van der Waals surface area contributed by atoms with Gasteiger partial charge in [-0.3, -0.25) is 0 Å². The molecule has 17 heavy (non-hydrogen) atoms. The lowest BCUT2D eigenvalue weighted by Gasteiger charge is -2.22. The Morgan fingerprint density at radius 2 is 1.82 bits per heavy atom. The average molecular weight is 260 g/mol. The van der Waals surface area contributed by atoms with Crippen LogP contribution in [0.3, 0.4) is 0 Å². The molecule has 0 spiro atoms. The van der Waals surface area contributed by atoms with Gasteiger partial charge in [0, 0.05) is 6.54 Å². The molecule has 100 valence electrons. The summed E-state index contributed by atoms with van der Waals surface area (Å²) in [5.41, 5.74) is 5.73. The van der Waals surface area contributed by atoms with Gasteiger partial charge < -0.3 is 5.73 Å². The molecule has 2 fully saturated rings. The Kier molecular flexibility index (Phi) is 4.10. The Morgan fingerprint density at radius 3 is 2.35 bits per heavy atom. The van der Waals surface area contributed by atoms with E-state index in [-0.39, 0.29) is 5.41 Å². The first-order valence-corrected chi connectivity index (χ1v) is 8.38. The predicted octanol–water partition coefficient (Wildman–Crippen LogP) is 1.22. The highest BCUT2D eigenvalue weighted by atomic mass is 32.2. The van der Waals surface area contributed by atoms with Crippen LogP contribution in [0.2, 0.25) is 0 Å². The van der Waals surface area contributed by atoms with Crippen LogP contribution in [-0.4, -0.2) is 27.3 Å². The molecule has 0 atom stereocenters. The maximum absolute atomic E-state index is 11.9. The molecule has 0 amide bonds. The van der Waals surface area contributed by atoms with Gasteiger partial charge in [0.05, 0.1) is 5.75 Å². The summed E-state index contributed by atoms with van der Waals surface area (Å²) in [6.07, 6.45) is 7.91. The number of nitrogens with one attached hydrogen (secondary N) is 1. The molecule has 0 unspecified atom stereocenters. The maximum atomic E-state index is 11.9. The second-order valence-corrected chi connectivity index (χ2v) is 7.66. The molecule has 2 rings (SSSR count). The number of hydrogen-bond acceptors (Lipinski definition) is 3. The minimum absolute atomic E-state index is 0.0830. The van der Waals surface area contributed by atoms with Crippen molar-refractivity contribution in [2.24, 2.45) is 17.1 Å². The Hall–Kier alpha value is -0.130. The molecular formula is C12H24N2O2S. The van der Waals surface area contributed by atoms with Crippen LogP contribution in [0.15, 0.2) is 0 Å². The maximum Gasteiger partial charge on any atom is 0.211 e.